The predicted octanol–water partition coefficient (Wildman–Crippen LogP) is 2.39. The van der Waals surface area contributed by atoms with E-state index < -0.39 is 0 Å². The van der Waals surface area contributed by atoms with Crippen LogP contribution in [0.2, 0.25) is 0 Å². The highest BCUT2D eigenvalue weighted by atomic mass is 16.5. The van der Waals surface area contributed by atoms with Crippen LogP contribution in [0.1, 0.15) is 47.2 Å². The Morgan fingerprint density at radius 1 is 1.20 bits per heavy atom. The molecule has 0 spiro atoms. The van der Waals surface area contributed by atoms with Gasteiger partial charge >= 0.3 is 6.03 Å². The van der Waals surface area contributed by atoms with Crippen molar-refractivity contribution in [2.24, 2.45) is 0 Å². The summed E-state index contributed by atoms with van der Waals surface area (Å²) in [5.74, 6) is 0.723. The van der Waals surface area contributed by atoms with Crippen LogP contribution in [0.3, 0.4) is 0 Å². The lowest BCUT2D eigenvalue weighted by Gasteiger charge is -2.26. The van der Waals surface area contributed by atoms with E-state index in [9.17, 15) is 4.79 Å². The molecule has 0 aromatic carbocycles. The Kier molecular flexibility index (Phi) is 6.11. The molecule has 142 valence electrons. The minimum Gasteiger partial charge on any atom is -0.379 e. The number of ether oxygens (including phenoxy) is 1. The number of morpholine rings is 1. The summed E-state index contributed by atoms with van der Waals surface area (Å²) in [5.41, 5.74) is 0.686. The molecule has 2 rings (SSSR count). The summed E-state index contributed by atoms with van der Waals surface area (Å²) >= 11 is 0. The molecular formula is C18H33N5O2. The number of rotatable bonds is 4. The van der Waals surface area contributed by atoms with Crippen LogP contribution in [-0.4, -0.2) is 60.1 Å². The molecule has 7 heteroatoms. The van der Waals surface area contributed by atoms with Crippen molar-refractivity contribution >= 4 is 11.8 Å². The van der Waals surface area contributed by atoms with Crippen molar-refractivity contribution in [1.29, 1.82) is 0 Å². The van der Waals surface area contributed by atoms with Gasteiger partial charge < -0.3 is 10.1 Å². The third kappa shape index (κ3) is 5.71. The predicted molar refractivity (Wildman–Crippen MR) is 100 cm³/mol. The van der Waals surface area contributed by atoms with E-state index in [-0.39, 0.29) is 17.0 Å². The first-order chi connectivity index (χ1) is 11.6. The van der Waals surface area contributed by atoms with Crippen LogP contribution in [0, 0.1) is 0 Å². The summed E-state index contributed by atoms with van der Waals surface area (Å²) in [4.78, 5) is 14.6. The van der Waals surface area contributed by atoms with Gasteiger partial charge in [-0.3, -0.25) is 10.2 Å². The van der Waals surface area contributed by atoms with Gasteiger partial charge in [-0.1, -0.05) is 20.8 Å². The SMILES string of the molecule is CC(C)(C)c1cc(NC(=O)NCCN2CCOCC2)n(C(C)(C)C)n1. The molecule has 1 aromatic rings. The number of carbonyl (C=O) groups is 1. The molecule has 0 saturated carbocycles. The van der Waals surface area contributed by atoms with Gasteiger partial charge in [0, 0.05) is 37.7 Å². The Morgan fingerprint density at radius 2 is 1.84 bits per heavy atom. The van der Waals surface area contributed by atoms with Gasteiger partial charge in [-0.2, -0.15) is 5.10 Å². The maximum Gasteiger partial charge on any atom is 0.320 e. The first kappa shape index (κ1) is 19.7. The van der Waals surface area contributed by atoms with Crippen molar-refractivity contribution in [2.45, 2.75) is 52.5 Å². The van der Waals surface area contributed by atoms with Crippen LogP contribution in [0.15, 0.2) is 6.07 Å². The average molecular weight is 351 g/mol. The summed E-state index contributed by atoms with van der Waals surface area (Å²) in [5, 5.41) is 10.6. The molecule has 2 amide bonds. The van der Waals surface area contributed by atoms with Gasteiger partial charge in [0.15, 0.2) is 0 Å². The van der Waals surface area contributed by atoms with Crippen LogP contribution < -0.4 is 10.6 Å². The Morgan fingerprint density at radius 3 is 2.40 bits per heavy atom. The molecule has 0 bridgehead atoms. The molecule has 2 heterocycles. The first-order valence-electron chi connectivity index (χ1n) is 9.03. The number of anilines is 1. The zero-order chi connectivity index (χ0) is 18.7. The normalized spacial score (nSPS) is 16.7. The molecule has 7 nitrogen and oxygen atoms in total. The Labute approximate surface area is 151 Å². The van der Waals surface area contributed by atoms with E-state index in [1.54, 1.807) is 0 Å². The molecule has 1 saturated heterocycles. The Hall–Kier alpha value is -1.60. The number of hydrogen-bond acceptors (Lipinski definition) is 4. The minimum absolute atomic E-state index is 0.0697. The number of nitrogens with zero attached hydrogens (tertiary/aromatic N) is 3. The highest BCUT2D eigenvalue weighted by Gasteiger charge is 2.25. The lowest BCUT2D eigenvalue weighted by atomic mass is 9.92. The monoisotopic (exact) mass is 351 g/mol. The molecule has 0 radical (unpaired) electrons. The highest BCUT2D eigenvalue weighted by Crippen LogP contribution is 2.28. The van der Waals surface area contributed by atoms with Crippen LogP contribution in [0.4, 0.5) is 10.6 Å². The van der Waals surface area contributed by atoms with E-state index in [4.69, 9.17) is 9.84 Å². The fraction of sp³-hybridized carbons (Fsp3) is 0.778. The fourth-order valence-electron chi connectivity index (χ4n) is 2.66. The summed E-state index contributed by atoms with van der Waals surface area (Å²) in [6.45, 7) is 17.4. The van der Waals surface area contributed by atoms with Crippen molar-refractivity contribution < 1.29 is 9.53 Å². The van der Waals surface area contributed by atoms with E-state index in [1.165, 1.54) is 0 Å². The van der Waals surface area contributed by atoms with E-state index in [1.807, 2.05) is 10.7 Å². The molecule has 0 aliphatic carbocycles. The van der Waals surface area contributed by atoms with Crippen LogP contribution >= 0.6 is 0 Å². The number of amides is 2. The molecule has 2 N–H and O–H groups in total. The number of hydrogen-bond donors (Lipinski definition) is 2. The molecule has 1 aliphatic heterocycles. The molecule has 1 fully saturated rings. The number of carbonyl (C=O) groups excluding carboxylic acids is 1. The third-order valence-electron chi connectivity index (χ3n) is 4.17. The summed E-state index contributed by atoms with van der Waals surface area (Å²) in [7, 11) is 0. The van der Waals surface area contributed by atoms with Gasteiger partial charge in [-0.05, 0) is 20.8 Å². The second kappa shape index (κ2) is 7.74. The van der Waals surface area contributed by atoms with E-state index >= 15 is 0 Å². The second-order valence-electron chi connectivity index (χ2n) is 8.58. The van der Waals surface area contributed by atoms with Gasteiger partial charge in [0.25, 0.3) is 0 Å². The smallest absolute Gasteiger partial charge is 0.320 e. The van der Waals surface area contributed by atoms with Gasteiger partial charge in [0.05, 0.1) is 24.4 Å². The topological polar surface area (TPSA) is 71.4 Å². The number of nitrogens with one attached hydrogen (secondary N) is 2. The Balaban J connectivity index is 1.95. The fourth-order valence-corrected chi connectivity index (χ4v) is 2.66. The average Bonchev–Trinajstić information content (AvgIpc) is 2.92. The zero-order valence-electron chi connectivity index (χ0n) is 16.5. The first-order valence-corrected chi connectivity index (χ1v) is 9.03. The number of aromatic nitrogens is 2. The van der Waals surface area contributed by atoms with Gasteiger partial charge in [0.1, 0.15) is 5.82 Å². The lowest BCUT2D eigenvalue weighted by molar-refractivity contribution is 0.0388. The maximum absolute atomic E-state index is 12.3. The molecule has 1 aliphatic rings. The molecular weight excluding hydrogens is 318 g/mol. The summed E-state index contributed by atoms with van der Waals surface area (Å²) in [6.07, 6.45) is 0. The summed E-state index contributed by atoms with van der Waals surface area (Å²) in [6, 6.07) is 1.77. The van der Waals surface area contributed by atoms with Gasteiger partial charge in [-0.15, -0.1) is 0 Å². The molecule has 0 unspecified atom stereocenters. The second-order valence-corrected chi connectivity index (χ2v) is 8.58. The van der Waals surface area contributed by atoms with Crippen LogP contribution in [-0.2, 0) is 15.7 Å². The highest BCUT2D eigenvalue weighted by molar-refractivity contribution is 5.88. The zero-order valence-corrected chi connectivity index (χ0v) is 16.5. The van der Waals surface area contributed by atoms with Crippen molar-refractivity contribution in [3.05, 3.63) is 11.8 Å². The van der Waals surface area contributed by atoms with E-state index in [0.29, 0.717) is 6.54 Å². The Bertz CT molecular complexity index is 577. The van der Waals surface area contributed by atoms with Gasteiger partial charge in [-0.25, -0.2) is 9.48 Å². The number of urea groups is 1. The molecule has 0 atom stereocenters. The van der Waals surface area contributed by atoms with Gasteiger partial charge in [0.2, 0.25) is 0 Å². The van der Waals surface area contributed by atoms with E-state index in [0.717, 1.165) is 44.4 Å². The lowest BCUT2D eigenvalue weighted by Crippen LogP contribution is -2.42. The van der Waals surface area contributed by atoms with Crippen molar-refractivity contribution in [2.75, 3.05) is 44.7 Å². The quantitative estimate of drug-likeness (QED) is 0.874. The minimum atomic E-state index is -0.208. The standard InChI is InChI=1S/C18H33N5O2/c1-17(2,3)14-13-15(23(21-14)18(4,5)6)20-16(24)19-7-8-22-9-11-25-12-10-22/h13H,7-12H2,1-6H3,(H2,19,20,24). The van der Waals surface area contributed by atoms with E-state index in [2.05, 4.69) is 57.1 Å². The molecule has 1 aromatic heterocycles. The van der Waals surface area contributed by atoms with Crippen LogP contribution in [0.5, 0.6) is 0 Å². The van der Waals surface area contributed by atoms with Crippen LogP contribution in [0.25, 0.3) is 0 Å². The summed E-state index contributed by atoms with van der Waals surface area (Å²) < 4.78 is 7.21. The largest absolute Gasteiger partial charge is 0.379 e. The van der Waals surface area contributed by atoms with Crippen molar-refractivity contribution in [3.63, 3.8) is 0 Å². The third-order valence-corrected chi connectivity index (χ3v) is 4.17. The molecule has 25 heavy (non-hydrogen) atoms. The van der Waals surface area contributed by atoms with Crippen molar-refractivity contribution in [3.8, 4) is 0 Å². The van der Waals surface area contributed by atoms with Crippen molar-refractivity contribution in [1.82, 2.24) is 20.0 Å². The maximum atomic E-state index is 12.3.